The van der Waals surface area contributed by atoms with Crippen LogP contribution in [0.4, 0.5) is 11.4 Å². The van der Waals surface area contributed by atoms with Gasteiger partial charge in [0.25, 0.3) is 20.2 Å². The number of benzene rings is 2. The molecule has 0 saturated heterocycles. The van der Waals surface area contributed by atoms with Gasteiger partial charge in [-0.05, 0) is 71.8 Å². The Morgan fingerprint density at radius 2 is 1.00 bits per heavy atom. The number of nitrogens with one attached hydrogen (secondary N) is 2. The molecule has 230 valence electrons. The summed E-state index contributed by atoms with van der Waals surface area (Å²) >= 11 is 0. The van der Waals surface area contributed by atoms with Crippen molar-refractivity contribution < 1.29 is 43.9 Å². The first-order valence-corrected chi connectivity index (χ1v) is 16.9. The van der Waals surface area contributed by atoms with Crippen molar-refractivity contribution in [2.24, 2.45) is 0 Å². The summed E-state index contributed by atoms with van der Waals surface area (Å²) in [5, 5.41) is 4.47. The van der Waals surface area contributed by atoms with Gasteiger partial charge in [0.15, 0.2) is 0 Å². The smallest absolute Gasteiger partial charge is 0.296 e. The number of aromatic nitrogens is 2. The zero-order valence-electron chi connectivity index (χ0n) is 22.5. The molecule has 0 spiro atoms. The fraction of sp³-hybridized carbons (Fsp3) is 0. The summed E-state index contributed by atoms with van der Waals surface area (Å²) in [5.41, 5.74) is -0.699. The fourth-order valence-corrected chi connectivity index (χ4v) is 7.38. The molecule has 0 fully saturated rings. The van der Waals surface area contributed by atoms with E-state index in [0.717, 1.165) is 36.4 Å². The summed E-state index contributed by atoms with van der Waals surface area (Å²) in [5.74, 6) is -1.74. The molecule has 2 aromatic carbocycles. The van der Waals surface area contributed by atoms with Crippen LogP contribution < -0.4 is 10.6 Å². The molecular formula is C28H20N4O10S3. The molecule has 0 saturated carbocycles. The predicted molar refractivity (Wildman–Crippen MR) is 161 cm³/mol. The highest BCUT2D eigenvalue weighted by molar-refractivity contribution is 7.92. The minimum atomic E-state index is -5.08. The van der Waals surface area contributed by atoms with E-state index in [1.54, 1.807) is 24.3 Å². The lowest BCUT2D eigenvalue weighted by Crippen LogP contribution is -2.13. The topological polar surface area (TPSA) is 227 Å². The number of hydrogen-bond donors (Lipinski definition) is 4. The Labute approximate surface area is 256 Å². The number of rotatable bonds is 8. The Bertz CT molecular complexity index is 2100. The van der Waals surface area contributed by atoms with Crippen molar-refractivity contribution in [2.75, 3.05) is 10.6 Å². The molecule has 0 bridgehead atoms. The van der Waals surface area contributed by atoms with Gasteiger partial charge in [-0.1, -0.05) is 0 Å². The van der Waals surface area contributed by atoms with Crippen LogP contribution in [0.15, 0.2) is 105 Å². The highest BCUT2D eigenvalue weighted by atomic mass is 32.2. The Kier molecular flexibility index (Phi) is 8.21. The Hall–Kier alpha value is -5.07. The number of amides is 2. The lowest BCUT2D eigenvalue weighted by Gasteiger charge is -2.12. The number of sulfone groups is 1. The van der Waals surface area contributed by atoms with E-state index < -0.39 is 72.8 Å². The fourth-order valence-electron chi connectivity index (χ4n) is 4.37. The molecule has 0 unspecified atom stereocenters. The van der Waals surface area contributed by atoms with E-state index in [1.807, 2.05) is 0 Å². The van der Waals surface area contributed by atoms with Gasteiger partial charge >= 0.3 is 0 Å². The average molecular weight is 669 g/mol. The largest absolute Gasteiger partial charge is 0.321 e. The maximum atomic E-state index is 13.6. The number of hydrogen-bond acceptors (Lipinski definition) is 10. The number of fused-ring (bicyclic) bond motifs is 3. The summed E-state index contributed by atoms with van der Waals surface area (Å²) in [4.78, 5) is 30.0. The summed E-state index contributed by atoms with van der Waals surface area (Å²) in [6.45, 7) is 0. The van der Waals surface area contributed by atoms with Crippen LogP contribution >= 0.6 is 0 Å². The van der Waals surface area contributed by atoms with Crippen LogP contribution in [0.5, 0.6) is 0 Å². The molecule has 14 nitrogen and oxygen atoms in total. The highest BCUT2D eigenvalue weighted by Crippen LogP contribution is 2.48. The monoisotopic (exact) mass is 668 g/mol. The summed E-state index contributed by atoms with van der Waals surface area (Å²) in [7, 11) is -14.7. The molecule has 1 aliphatic rings. The van der Waals surface area contributed by atoms with Gasteiger partial charge in [0.05, 0.1) is 21.2 Å². The molecule has 17 heteroatoms. The van der Waals surface area contributed by atoms with Crippen molar-refractivity contribution >= 4 is 65.4 Å². The molecule has 5 rings (SSSR count). The van der Waals surface area contributed by atoms with Gasteiger partial charge in [-0.25, -0.2) is 8.42 Å². The lowest BCUT2D eigenvalue weighted by atomic mass is 10.0. The van der Waals surface area contributed by atoms with Crippen molar-refractivity contribution in [3.8, 4) is 11.1 Å². The first-order valence-electron chi connectivity index (χ1n) is 12.5. The average Bonchev–Trinajstić information content (AvgIpc) is 3.19. The Morgan fingerprint density at radius 1 is 0.644 bits per heavy atom. The van der Waals surface area contributed by atoms with Crippen molar-refractivity contribution in [2.45, 2.75) is 19.6 Å². The van der Waals surface area contributed by atoms with Gasteiger partial charge in [-0.3, -0.25) is 28.7 Å². The zero-order chi connectivity index (χ0) is 32.6. The quantitative estimate of drug-likeness (QED) is 0.138. The van der Waals surface area contributed by atoms with Crippen molar-refractivity contribution in [1.29, 1.82) is 0 Å². The summed E-state index contributed by atoms with van der Waals surface area (Å²) < 4.78 is 96.2. The third-order valence-electron chi connectivity index (χ3n) is 6.37. The van der Waals surface area contributed by atoms with Crippen LogP contribution in [0.25, 0.3) is 23.3 Å². The minimum Gasteiger partial charge on any atom is -0.321 e. The standard InChI is InChI=1S/C28H20N4O10S3/c33-27(3-1-17-5-9-29-10-6-17)31-21-15-23-19(13-25(21)44(37,38)39)20-14-26(45(40,41)42)22(16-24(20)43(23,35)36)32-28(34)4-2-18-7-11-30-12-8-18/h1-16H,(H,31,33)(H,32,34)(H,37,38,39)(H,40,41,42). The minimum absolute atomic E-state index is 0.344. The molecular weight excluding hydrogens is 649 g/mol. The maximum Gasteiger partial charge on any atom is 0.296 e. The van der Waals surface area contributed by atoms with Crippen LogP contribution in [-0.2, 0) is 39.7 Å². The van der Waals surface area contributed by atoms with E-state index in [-0.39, 0.29) is 11.1 Å². The van der Waals surface area contributed by atoms with Crippen LogP contribution in [-0.4, -0.2) is 56.1 Å². The first kappa shape index (κ1) is 31.4. The number of anilines is 2. The molecule has 4 N–H and O–H groups in total. The molecule has 2 aromatic heterocycles. The van der Waals surface area contributed by atoms with Crippen molar-refractivity contribution in [3.63, 3.8) is 0 Å². The van der Waals surface area contributed by atoms with E-state index in [2.05, 4.69) is 20.6 Å². The van der Waals surface area contributed by atoms with Gasteiger partial charge in [-0.15, -0.1) is 0 Å². The van der Waals surface area contributed by atoms with E-state index >= 15 is 0 Å². The second kappa shape index (κ2) is 11.8. The molecule has 3 heterocycles. The van der Waals surface area contributed by atoms with E-state index in [4.69, 9.17) is 0 Å². The zero-order valence-corrected chi connectivity index (χ0v) is 25.0. The maximum absolute atomic E-state index is 13.6. The van der Waals surface area contributed by atoms with E-state index in [0.29, 0.717) is 11.1 Å². The van der Waals surface area contributed by atoms with E-state index in [1.165, 1.54) is 36.9 Å². The van der Waals surface area contributed by atoms with Crippen LogP contribution in [0, 0.1) is 0 Å². The lowest BCUT2D eigenvalue weighted by molar-refractivity contribution is -0.112. The molecule has 0 atom stereocenters. The van der Waals surface area contributed by atoms with E-state index in [9.17, 15) is 43.9 Å². The molecule has 2 amide bonds. The van der Waals surface area contributed by atoms with Gasteiger partial charge in [-0.2, -0.15) is 16.8 Å². The van der Waals surface area contributed by atoms with Crippen molar-refractivity contribution in [3.05, 3.63) is 96.6 Å². The molecule has 0 radical (unpaired) electrons. The van der Waals surface area contributed by atoms with Crippen LogP contribution in [0.1, 0.15) is 11.1 Å². The Balaban J connectivity index is 1.58. The van der Waals surface area contributed by atoms with Crippen molar-refractivity contribution in [1.82, 2.24) is 9.97 Å². The second-order valence-corrected chi connectivity index (χ2v) is 14.0. The van der Waals surface area contributed by atoms with Crippen LogP contribution in [0.3, 0.4) is 0 Å². The number of pyridine rings is 2. The second-order valence-electron chi connectivity index (χ2n) is 9.35. The van der Waals surface area contributed by atoms with Crippen LogP contribution in [0.2, 0.25) is 0 Å². The van der Waals surface area contributed by atoms with Gasteiger partial charge in [0.1, 0.15) is 9.79 Å². The highest BCUT2D eigenvalue weighted by Gasteiger charge is 2.38. The third-order valence-corrected chi connectivity index (χ3v) is 9.99. The number of carbonyl (C=O) groups is 2. The first-order chi connectivity index (χ1) is 21.1. The molecule has 4 aromatic rings. The summed E-state index contributed by atoms with van der Waals surface area (Å²) in [6, 6.07) is 9.44. The Morgan fingerprint density at radius 3 is 1.33 bits per heavy atom. The molecule has 1 aliphatic heterocycles. The van der Waals surface area contributed by atoms with Gasteiger partial charge in [0.2, 0.25) is 21.7 Å². The number of carbonyl (C=O) groups excluding carboxylic acids is 2. The molecule has 45 heavy (non-hydrogen) atoms. The SMILES string of the molecule is O=C(C=Cc1ccncc1)Nc1cc2c(cc1S(=O)(=O)O)-c1cc(S(=O)(=O)O)c(NC(=O)C=Cc3ccncc3)cc1S2(=O)=O. The number of nitrogens with zero attached hydrogens (tertiary/aromatic N) is 2. The normalized spacial score (nSPS) is 13.8. The predicted octanol–water partition coefficient (Wildman–Crippen LogP) is 3.09. The van der Waals surface area contributed by atoms with Gasteiger partial charge < -0.3 is 10.6 Å². The molecule has 0 aliphatic carbocycles. The van der Waals surface area contributed by atoms with Gasteiger partial charge in [0, 0.05) is 48.1 Å². The summed E-state index contributed by atoms with van der Waals surface area (Å²) in [6.07, 6.45) is 10.7. The third kappa shape index (κ3) is 6.71.